The summed E-state index contributed by atoms with van der Waals surface area (Å²) in [6.07, 6.45) is 2.22. The maximum Gasteiger partial charge on any atom is 0.177 e. The standard InChI is InChI=1S/C14H21NO2/c1-3-4-10-15(11-14(16)12-17-2)13-8-6-5-7-9-13/h5-9H,3-4,10-12H2,1-2H3. The molecule has 1 aromatic carbocycles. The lowest BCUT2D eigenvalue weighted by atomic mass is 10.2. The molecule has 3 heteroatoms. The van der Waals surface area contributed by atoms with Gasteiger partial charge in [0.25, 0.3) is 0 Å². The number of para-hydroxylation sites is 1. The topological polar surface area (TPSA) is 29.5 Å². The van der Waals surface area contributed by atoms with Crippen molar-refractivity contribution >= 4 is 11.5 Å². The van der Waals surface area contributed by atoms with E-state index in [0.29, 0.717) is 6.54 Å². The molecule has 0 aliphatic heterocycles. The van der Waals surface area contributed by atoms with Crippen molar-refractivity contribution in [3.05, 3.63) is 30.3 Å². The van der Waals surface area contributed by atoms with Crippen molar-refractivity contribution in [3.8, 4) is 0 Å². The van der Waals surface area contributed by atoms with Crippen LogP contribution in [-0.4, -0.2) is 32.6 Å². The molecule has 0 spiro atoms. The first-order valence-electron chi connectivity index (χ1n) is 6.08. The Morgan fingerprint density at radius 3 is 2.59 bits per heavy atom. The molecule has 0 radical (unpaired) electrons. The molecule has 1 rings (SSSR count). The molecule has 0 bridgehead atoms. The molecule has 0 amide bonds. The predicted molar refractivity (Wildman–Crippen MR) is 70.4 cm³/mol. The van der Waals surface area contributed by atoms with Gasteiger partial charge in [-0.25, -0.2) is 0 Å². The van der Waals surface area contributed by atoms with E-state index in [1.54, 1.807) is 7.11 Å². The Labute approximate surface area is 103 Å². The highest BCUT2D eigenvalue weighted by Crippen LogP contribution is 2.13. The second-order valence-corrected chi connectivity index (χ2v) is 4.08. The van der Waals surface area contributed by atoms with Crippen molar-refractivity contribution in [2.24, 2.45) is 0 Å². The van der Waals surface area contributed by atoms with Crippen LogP contribution in [0.1, 0.15) is 19.8 Å². The molecule has 17 heavy (non-hydrogen) atoms. The van der Waals surface area contributed by atoms with E-state index in [4.69, 9.17) is 4.74 Å². The lowest BCUT2D eigenvalue weighted by Gasteiger charge is -2.23. The largest absolute Gasteiger partial charge is 0.377 e. The monoisotopic (exact) mass is 235 g/mol. The number of Topliss-reactive ketones (excluding diaryl/α,β-unsaturated/α-hetero) is 1. The molecule has 0 fully saturated rings. The molecular formula is C14H21NO2. The molecule has 94 valence electrons. The average molecular weight is 235 g/mol. The van der Waals surface area contributed by atoms with E-state index in [1.165, 1.54) is 0 Å². The number of ether oxygens (including phenoxy) is 1. The maximum atomic E-state index is 11.6. The summed E-state index contributed by atoms with van der Waals surface area (Å²) in [6.45, 7) is 3.68. The fourth-order valence-corrected chi connectivity index (χ4v) is 1.71. The second-order valence-electron chi connectivity index (χ2n) is 4.08. The third kappa shape index (κ3) is 5.00. The minimum Gasteiger partial charge on any atom is -0.377 e. The van der Waals surface area contributed by atoms with Gasteiger partial charge in [0.1, 0.15) is 6.61 Å². The molecule has 0 saturated carbocycles. The number of carbonyl (C=O) groups is 1. The molecule has 1 aromatic rings. The zero-order valence-corrected chi connectivity index (χ0v) is 10.7. The van der Waals surface area contributed by atoms with Crippen molar-refractivity contribution < 1.29 is 9.53 Å². The highest BCUT2D eigenvalue weighted by Gasteiger charge is 2.10. The summed E-state index contributed by atoms with van der Waals surface area (Å²) in [5, 5.41) is 0. The lowest BCUT2D eigenvalue weighted by molar-refractivity contribution is -0.121. The van der Waals surface area contributed by atoms with E-state index in [-0.39, 0.29) is 12.4 Å². The van der Waals surface area contributed by atoms with Crippen LogP contribution in [0.3, 0.4) is 0 Å². The Kier molecular flexibility index (Phi) is 6.33. The van der Waals surface area contributed by atoms with Gasteiger partial charge < -0.3 is 9.64 Å². The molecular weight excluding hydrogens is 214 g/mol. The molecule has 0 heterocycles. The van der Waals surface area contributed by atoms with Crippen molar-refractivity contribution in [2.75, 3.05) is 31.7 Å². The number of carbonyl (C=O) groups excluding carboxylic acids is 1. The number of ketones is 1. The molecule has 0 N–H and O–H groups in total. The molecule has 0 aromatic heterocycles. The van der Waals surface area contributed by atoms with Crippen molar-refractivity contribution in [1.29, 1.82) is 0 Å². The molecule has 3 nitrogen and oxygen atoms in total. The molecule has 0 aliphatic rings. The highest BCUT2D eigenvalue weighted by molar-refractivity contribution is 5.84. The molecule has 0 aliphatic carbocycles. The number of methoxy groups -OCH3 is 1. The summed E-state index contributed by atoms with van der Waals surface area (Å²) in [5.74, 6) is 0.118. The van der Waals surface area contributed by atoms with Crippen LogP contribution in [-0.2, 0) is 9.53 Å². The number of nitrogens with zero attached hydrogens (tertiary/aromatic N) is 1. The zero-order valence-electron chi connectivity index (χ0n) is 10.7. The fraction of sp³-hybridized carbons (Fsp3) is 0.500. The minimum atomic E-state index is 0.118. The number of anilines is 1. The first-order valence-corrected chi connectivity index (χ1v) is 6.08. The molecule has 0 unspecified atom stereocenters. The van der Waals surface area contributed by atoms with Crippen LogP contribution in [0.15, 0.2) is 30.3 Å². The van der Waals surface area contributed by atoms with Crippen LogP contribution in [0.4, 0.5) is 5.69 Å². The van der Waals surface area contributed by atoms with Gasteiger partial charge in [-0.3, -0.25) is 4.79 Å². The highest BCUT2D eigenvalue weighted by atomic mass is 16.5. The van der Waals surface area contributed by atoms with Gasteiger partial charge in [-0.1, -0.05) is 31.5 Å². The number of unbranched alkanes of at least 4 members (excludes halogenated alkanes) is 1. The van der Waals surface area contributed by atoms with Gasteiger partial charge in [0.05, 0.1) is 6.54 Å². The third-order valence-corrected chi connectivity index (χ3v) is 2.58. The Hall–Kier alpha value is -1.35. The molecule has 0 saturated heterocycles. The van der Waals surface area contributed by atoms with E-state index in [2.05, 4.69) is 11.8 Å². The van der Waals surface area contributed by atoms with Crippen LogP contribution in [0.5, 0.6) is 0 Å². The van der Waals surface area contributed by atoms with Gasteiger partial charge in [0.15, 0.2) is 5.78 Å². The number of benzene rings is 1. The number of rotatable bonds is 8. The fourth-order valence-electron chi connectivity index (χ4n) is 1.71. The van der Waals surface area contributed by atoms with Gasteiger partial charge >= 0.3 is 0 Å². The minimum absolute atomic E-state index is 0.118. The van der Waals surface area contributed by atoms with E-state index in [0.717, 1.165) is 25.1 Å². The van der Waals surface area contributed by atoms with Gasteiger partial charge in [0, 0.05) is 19.3 Å². The Balaban J connectivity index is 2.63. The summed E-state index contributed by atoms with van der Waals surface area (Å²) in [6, 6.07) is 10.0. The normalized spacial score (nSPS) is 10.2. The van der Waals surface area contributed by atoms with Crippen LogP contribution in [0, 0.1) is 0 Å². The van der Waals surface area contributed by atoms with Crippen LogP contribution >= 0.6 is 0 Å². The van der Waals surface area contributed by atoms with Crippen molar-refractivity contribution in [3.63, 3.8) is 0 Å². The SMILES string of the molecule is CCCCN(CC(=O)COC)c1ccccc1. The summed E-state index contributed by atoms with van der Waals surface area (Å²) in [7, 11) is 1.55. The van der Waals surface area contributed by atoms with Gasteiger partial charge in [-0.15, -0.1) is 0 Å². The number of hydrogen-bond acceptors (Lipinski definition) is 3. The predicted octanol–water partition coefficient (Wildman–Crippen LogP) is 2.51. The first-order chi connectivity index (χ1) is 8.27. The Morgan fingerprint density at radius 2 is 2.00 bits per heavy atom. The van der Waals surface area contributed by atoms with E-state index in [1.807, 2.05) is 30.3 Å². The summed E-state index contributed by atoms with van der Waals surface area (Å²) in [5.41, 5.74) is 1.10. The van der Waals surface area contributed by atoms with Gasteiger partial charge in [-0.2, -0.15) is 0 Å². The Morgan fingerprint density at radius 1 is 1.29 bits per heavy atom. The van der Waals surface area contributed by atoms with Gasteiger partial charge in [-0.05, 0) is 18.6 Å². The van der Waals surface area contributed by atoms with Crippen molar-refractivity contribution in [1.82, 2.24) is 0 Å². The average Bonchev–Trinajstić information content (AvgIpc) is 2.36. The van der Waals surface area contributed by atoms with Crippen LogP contribution in [0.25, 0.3) is 0 Å². The smallest absolute Gasteiger partial charge is 0.177 e. The second kappa shape index (κ2) is 7.85. The summed E-state index contributed by atoms with van der Waals surface area (Å²) >= 11 is 0. The third-order valence-electron chi connectivity index (χ3n) is 2.58. The maximum absolute atomic E-state index is 11.6. The van der Waals surface area contributed by atoms with E-state index >= 15 is 0 Å². The first kappa shape index (κ1) is 13.7. The quantitative estimate of drug-likeness (QED) is 0.693. The van der Waals surface area contributed by atoms with E-state index in [9.17, 15) is 4.79 Å². The van der Waals surface area contributed by atoms with Crippen LogP contribution in [0.2, 0.25) is 0 Å². The molecule has 0 atom stereocenters. The summed E-state index contributed by atoms with van der Waals surface area (Å²) in [4.78, 5) is 13.7. The lowest BCUT2D eigenvalue weighted by Crippen LogP contribution is -2.32. The Bertz CT molecular complexity index is 324. The zero-order chi connectivity index (χ0) is 12.5. The van der Waals surface area contributed by atoms with Gasteiger partial charge in [0.2, 0.25) is 0 Å². The van der Waals surface area contributed by atoms with Crippen molar-refractivity contribution in [2.45, 2.75) is 19.8 Å². The number of hydrogen-bond donors (Lipinski definition) is 0. The van der Waals surface area contributed by atoms with Crippen LogP contribution < -0.4 is 4.90 Å². The van der Waals surface area contributed by atoms with E-state index < -0.39 is 0 Å². The summed E-state index contributed by atoms with van der Waals surface area (Å²) < 4.78 is 4.87.